The highest BCUT2D eigenvalue weighted by Crippen LogP contribution is 2.43. The number of amides is 2. The lowest BCUT2D eigenvalue weighted by atomic mass is 9.97. The van der Waals surface area contributed by atoms with E-state index >= 15 is 0 Å². The van der Waals surface area contributed by atoms with E-state index in [1.807, 2.05) is 71.5 Å². The minimum Gasteiger partial charge on any atom is -0.494 e. The highest BCUT2D eigenvalue weighted by Gasteiger charge is 2.23. The van der Waals surface area contributed by atoms with E-state index in [0.29, 0.717) is 66.4 Å². The van der Waals surface area contributed by atoms with Crippen molar-refractivity contribution in [2.75, 3.05) is 27.3 Å². The monoisotopic (exact) mass is 727 g/mol. The number of hydrogen-bond donors (Lipinski definition) is 4. The summed E-state index contributed by atoms with van der Waals surface area (Å²) in [4.78, 5) is 27.9. The number of nitrogens with zero attached hydrogens (tertiary/aromatic N) is 3. The molecular formula is C38H39Cl2N7O4. The summed E-state index contributed by atoms with van der Waals surface area (Å²) in [6, 6.07) is 17.8. The first kappa shape index (κ1) is 34.8. The van der Waals surface area contributed by atoms with E-state index in [2.05, 4.69) is 26.4 Å². The van der Waals surface area contributed by atoms with Crippen LogP contribution in [0.4, 0.5) is 0 Å². The van der Waals surface area contributed by atoms with Gasteiger partial charge in [-0.2, -0.15) is 5.10 Å². The zero-order chi connectivity index (χ0) is 35.5. The molecule has 7 rings (SSSR count). The molecule has 0 unspecified atom stereocenters. The number of ether oxygens (including phenoxy) is 2. The van der Waals surface area contributed by atoms with E-state index in [0.717, 1.165) is 57.3 Å². The minimum absolute atomic E-state index is 0.0979. The van der Waals surface area contributed by atoms with Crippen LogP contribution < -0.4 is 30.7 Å². The Labute approximate surface area is 306 Å². The molecule has 0 saturated carbocycles. The number of carbonyl (C=O) groups is 2. The Bertz CT molecular complexity index is 2100. The maximum Gasteiger partial charge on any atom is 0.220 e. The topological polar surface area (TPSA) is 131 Å². The lowest BCUT2D eigenvalue weighted by Gasteiger charge is -2.16. The molecule has 2 saturated heterocycles. The molecule has 5 aromatic rings. The predicted octanol–water partition coefficient (Wildman–Crippen LogP) is 5.79. The second kappa shape index (κ2) is 15.3. The molecule has 0 spiro atoms. The molecule has 2 aliphatic heterocycles. The van der Waals surface area contributed by atoms with E-state index in [1.165, 1.54) is 0 Å². The lowest BCUT2D eigenvalue weighted by Crippen LogP contribution is -2.35. The summed E-state index contributed by atoms with van der Waals surface area (Å²) >= 11 is 14.3. The first-order valence-electron chi connectivity index (χ1n) is 17.0. The first-order chi connectivity index (χ1) is 24.8. The molecule has 4 N–H and O–H groups in total. The van der Waals surface area contributed by atoms with E-state index in [-0.39, 0.29) is 23.9 Å². The average molecular weight is 729 g/mol. The molecule has 2 atom stereocenters. The molecule has 5 heterocycles. The Kier molecular flexibility index (Phi) is 10.4. The van der Waals surface area contributed by atoms with Gasteiger partial charge in [-0.05, 0) is 25.0 Å². The van der Waals surface area contributed by atoms with E-state index in [4.69, 9.17) is 37.7 Å². The van der Waals surface area contributed by atoms with Crippen LogP contribution in [0.15, 0.2) is 67.0 Å². The van der Waals surface area contributed by atoms with E-state index < -0.39 is 0 Å². The molecule has 2 amide bonds. The van der Waals surface area contributed by atoms with E-state index in [1.54, 1.807) is 14.2 Å². The molecule has 2 aliphatic rings. The van der Waals surface area contributed by atoms with Crippen molar-refractivity contribution >= 4 is 40.5 Å². The summed E-state index contributed by atoms with van der Waals surface area (Å²) in [5.74, 6) is 1.37. The standard InChI is InChI=1S/C38H39Cl2N7O4/c1-50-32-15-23(21-47-37(32)24(18-43-47)17-42-20-26-11-14-34(49)45-26)27-5-3-6-28(35(27)39)29-7-4-8-30(36(29)40)31-12-9-22(38(46-31)51-2)16-41-19-25-10-13-33(48)44-25/h3-9,12,15,18,21,25-26,41-42H,10-11,13-14,16-17,19-20H2,1-2H3,(H,44,48)(H,45,49)/t25-,26-/m0/s1. The van der Waals surface area contributed by atoms with Crippen molar-refractivity contribution in [3.63, 3.8) is 0 Å². The van der Waals surface area contributed by atoms with Crippen LogP contribution in [-0.2, 0) is 22.7 Å². The van der Waals surface area contributed by atoms with Gasteiger partial charge in [0.2, 0.25) is 17.7 Å². The number of nitrogens with one attached hydrogen (secondary N) is 4. The third-order valence-electron chi connectivity index (χ3n) is 9.46. The normalized spacial score (nSPS) is 17.2. The smallest absolute Gasteiger partial charge is 0.220 e. The Morgan fingerprint density at radius 1 is 0.804 bits per heavy atom. The summed E-state index contributed by atoms with van der Waals surface area (Å²) in [7, 11) is 3.24. The predicted molar refractivity (Wildman–Crippen MR) is 198 cm³/mol. The van der Waals surface area contributed by atoms with Gasteiger partial charge >= 0.3 is 0 Å². The van der Waals surface area contributed by atoms with Crippen LogP contribution >= 0.6 is 23.2 Å². The van der Waals surface area contributed by atoms with Crippen LogP contribution in [0.1, 0.15) is 36.8 Å². The molecule has 2 fully saturated rings. The number of hydrogen-bond acceptors (Lipinski definition) is 8. The second-order valence-corrected chi connectivity index (χ2v) is 13.6. The summed E-state index contributed by atoms with van der Waals surface area (Å²) < 4.78 is 13.3. The number of rotatable bonds is 13. The highest BCUT2D eigenvalue weighted by atomic mass is 35.5. The van der Waals surface area contributed by atoms with Crippen molar-refractivity contribution in [1.82, 2.24) is 35.9 Å². The molecule has 3 aromatic heterocycles. The van der Waals surface area contributed by atoms with Crippen molar-refractivity contribution in [2.24, 2.45) is 0 Å². The fraction of sp³-hybridized carbons (Fsp3) is 0.316. The van der Waals surface area contributed by atoms with Crippen molar-refractivity contribution in [1.29, 1.82) is 0 Å². The Hall–Kier alpha value is -4.68. The van der Waals surface area contributed by atoms with Crippen LogP contribution in [0, 0.1) is 0 Å². The van der Waals surface area contributed by atoms with Gasteiger partial charge in [0.1, 0.15) is 11.3 Å². The fourth-order valence-electron chi connectivity index (χ4n) is 6.83. The van der Waals surface area contributed by atoms with Crippen LogP contribution in [0.3, 0.4) is 0 Å². The van der Waals surface area contributed by atoms with Crippen molar-refractivity contribution < 1.29 is 19.1 Å². The zero-order valence-corrected chi connectivity index (χ0v) is 29.9. The maximum atomic E-state index is 11.6. The fourth-order valence-corrected chi connectivity index (χ4v) is 7.49. The summed E-state index contributed by atoms with van der Waals surface area (Å²) in [5, 5.41) is 18.5. The van der Waals surface area contributed by atoms with Crippen LogP contribution in [-0.4, -0.2) is 65.8 Å². The summed E-state index contributed by atoms with van der Waals surface area (Å²) in [6.07, 6.45) is 6.59. The molecule has 0 aliphatic carbocycles. The number of aromatic nitrogens is 3. The molecule has 0 bridgehead atoms. The Balaban J connectivity index is 1.13. The largest absolute Gasteiger partial charge is 0.494 e. The molecular weight excluding hydrogens is 689 g/mol. The van der Waals surface area contributed by atoms with Gasteiger partial charge in [-0.25, -0.2) is 9.50 Å². The summed E-state index contributed by atoms with van der Waals surface area (Å²) in [5.41, 5.74) is 7.35. The third-order valence-corrected chi connectivity index (χ3v) is 10.3. The zero-order valence-electron chi connectivity index (χ0n) is 28.4. The molecule has 11 nitrogen and oxygen atoms in total. The highest BCUT2D eigenvalue weighted by molar-refractivity contribution is 6.39. The molecule has 13 heteroatoms. The van der Waals surface area contributed by atoms with Gasteiger partial charge in [0.15, 0.2) is 0 Å². The molecule has 0 radical (unpaired) electrons. The first-order valence-corrected chi connectivity index (χ1v) is 17.7. The number of methoxy groups -OCH3 is 2. The van der Waals surface area contributed by atoms with Crippen LogP contribution in [0.25, 0.3) is 39.0 Å². The molecule has 51 heavy (non-hydrogen) atoms. The number of pyridine rings is 2. The second-order valence-electron chi connectivity index (χ2n) is 12.8. The average Bonchev–Trinajstić information content (AvgIpc) is 3.88. The third kappa shape index (κ3) is 7.38. The van der Waals surface area contributed by atoms with Crippen molar-refractivity contribution in [2.45, 2.75) is 50.9 Å². The molecule has 2 aromatic carbocycles. The van der Waals surface area contributed by atoms with Gasteiger partial charge in [0, 0.05) is 96.2 Å². The molecule has 264 valence electrons. The van der Waals surface area contributed by atoms with Gasteiger partial charge in [-0.1, -0.05) is 65.7 Å². The lowest BCUT2D eigenvalue weighted by molar-refractivity contribution is -0.120. The van der Waals surface area contributed by atoms with Gasteiger partial charge in [-0.3, -0.25) is 9.59 Å². The van der Waals surface area contributed by atoms with Gasteiger partial charge < -0.3 is 30.7 Å². The van der Waals surface area contributed by atoms with Gasteiger partial charge in [0.05, 0.1) is 36.2 Å². The van der Waals surface area contributed by atoms with Crippen LogP contribution in [0.2, 0.25) is 10.0 Å². The van der Waals surface area contributed by atoms with E-state index in [9.17, 15) is 9.59 Å². The number of fused-ring (bicyclic) bond motifs is 1. The Morgan fingerprint density at radius 3 is 2.02 bits per heavy atom. The summed E-state index contributed by atoms with van der Waals surface area (Å²) in [6.45, 7) is 2.49. The number of carbonyl (C=O) groups excluding carboxylic acids is 2. The van der Waals surface area contributed by atoms with Gasteiger partial charge in [-0.15, -0.1) is 0 Å². The minimum atomic E-state index is 0.0979. The van der Waals surface area contributed by atoms with Gasteiger partial charge in [0.25, 0.3) is 0 Å². The number of benzene rings is 2. The van der Waals surface area contributed by atoms with Crippen molar-refractivity contribution in [3.8, 4) is 45.1 Å². The van der Waals surface area contributed by atoms with Crippen LogP contribution in [0.5, 0.6) is 11.6 Å². The van der Waals surface area contributed by atoms with Crippen molar-refractivity contribution in [3.05, 3.63) is 88.2 Å². The quantitative estimate of drug-likeness (QED) is 0.120. The number of halogens is 2. The maximum absolute atomic E-state index is 11.6. The Morgan fingerprint density at radius 2 is 1.41 bits per heavy atom. The SMILES string of the molecule is COc1nc(-c2cccc(-c3cccc(-c4cc(OC)c5c(CNC[C@@H]6CCC(=O)N6)cnn5c4)c3Cl)c2Cl)ccc1CNC[C@@H]1CCC(=O)N1.